The van der Waals surface area contributed by atoms with E-state index in [0.29, 0.717) is 19.4 Å². The van der Waals surface area contributed by atoms with Crippen LogP contribution in [0, 0.1) is 0 Å². The summed E-state index contributed by atoms with van der Waals surface area (Å²) in [7, 11) is 1.53. The Balaban J connectivity index is 1.81. The van der Waals surface area contributed by atoms with Crippen LogP contribution in [0.15, 0.2) is 18.2 Å². The van der Waals surface area contributed by atoms with Gasteiger partial charge in [0.15, 0.2) is 11.5 Å². The molecule has 1 heterocycles. The zero-order valence-electron chi connectivity index (χ0n) is 11.4. The van der Waals surface area contributed by atoms with Crippen molar-refractivity contribution in [1.29, 1.82) is 0 Å². The Kier molecular flexibility index (Phi) is 5.20. The van der Waals surface area contributed by atoms with Gasteiger partial charge in [-0.15, -0.1) is 0 Å². The molecule has 1 amide bonds. The molecule has 1 aromatic carbocycles. The summed E-state index contributed by atoms with van der Waals surface area (Å²) >= 11 is 0. The first-order valence-corrected chi connectivity index (χ1v) is 6.50. The number of methoxy groups -OCH3 is 1. The molecule has 1 unspecified atom stereocenters. The first-order chi connectivity index (χ1) is 9.72. The molecule has 0 aliphatic carbocycles. The summed E-state index contributed by atoms with van der Waals surface area (Å²) in [4.78, 5) is 11.8. The fourth-order valence-corrected chi connectivity index (χ4v) is 2.00. The van der Waals surface area contributed by atoms with Crippen molar-refractivity contribution in [3.05, 3.63) is 23.8 Å². The lowest BCUT2D eigenvalue weighted by Crippen LogP contribution is -2.40. The molecule has 6 heteroatoms. The van der Waals surface area contributed by atoms with Gasteiger partial charge in [0.05, 0.1) is 19.3 Å². The second kappa shape index (κ2) is 7.12. The largest absolute Gasteiger partial charge is 0.454 e. The van der Waals surface area contributed by atoms with Crippen LogP contribution < -0.4 is 14.8 Å². The van der Waals surface area contributed by atoms with Crippen molar-refractivity contribution in [2.75, 3.05) is 27.1 Å². The number of carbonyl (C=O) groups is 1. The summed E-state index contributed by atoms with van der Waals surface area (Å²) < 4.78 is 15.4. The van der Waals surface area contributed by atoms with Crippen LogP contribution in [-0.2, 0) is 16.0 Å². The highest BCUT2D eigenvalue weighted by Crippen LogP contribution is 2.32. The average Bonchev–Trinajstić information content (AvgIpc) is 2.92. The minimum absolute atomic E-state index is 0.112. The lowest BCUT2D eigenvalue weighted by atomic mass is 10.1. The first-order valence-electron chi connectivity index (χ1n) is 6.50. The van der Waals surface area contributed by atoms with Crippen LogP contribution in [0.4, 0.5) is 0 Å². The molecule has 2 rings (SSSR count). The molecule has 2 N–H and O–H groups in total. The Morgan fingerprint density at radius 1 is 1.45 bits per heavy atom. The number of nitrogens with one attached hydrogen (secondary N) is 1. The number of ether oxygens (including phenoxy) is 3. The monoisotopic (exact) mass is 281 g/mol. The molecular weight excluding hydrogens is 262 g/mol. The second-order valence-electron chi connectivity index (χ2n) is 4.59. The highest BCUT2D eigenvalue weighted by Gasteiger charge is 2.14. The first kappa shape index (κ1) is 14.6. The van der Waals surface area contributed by atoms with Crippen LogP contribution >= 0.6 is 0 Å². The molecule has 0 fully saturated rings. The highest BCUT2D eigenvalue weighted by molar-refractivity contribution is 5.76. The lowest BCUT2D eigenvalue weighted by molar-refractivity contribution is -0.122. The van der Waals surface area contributed by atoms with Crippen molar-refractivity contribution in [2.24, 2.45) is 0 Å². The third-order valence-corrected chi connectivity index (χ3v) is 3.03. The molecular formula is C14H19NO5. The van der Waals surface area contributed by atoms with Crippen LogP contribution in [0.25, 0.3) is 0 Å². The number of fused-ring (bicyclic) bond motifs is 1. The van der Waals surface area contributed by atoms with E-state index in [1.165, 1.54) is 7.11 Å². The Bertz CT molecular complexity index is 463. The van der Waals surface area contributed by atoms with E-state index < -0.39 is 0 Å². The van der Waals surface area contributed by atoms with Gasteiger partial charge in [-0.2, -0.15) is 0 Å². The summed E-state index contributed by atoms with van der Waals surface area (Å²) in [5, 5.41) is 11.8. The smallest absolute Gasteiger partial charge is 0.231 e. The van der Waals surface area contributed by atoms with E-state index in [0.717, 1.165) is 17.1 Å². The molecule has 0 bridgehead atoms. The summed E-state index contributed by atoms with van der Waals surface area (Å²) in [6, 6.07) is 5.29. The number of rotatable bonds is 7. The van der Waals surface area contributed by atoms with Crippen molar-refractivity contribution >= 4 is 5.91 Å². The normalized spacial score (nSPS) is 14.1. The van der Waals surface area contributed by atoms with Gasteiger partial charge in [-0.25, -0.2) is 0 Å². The molecule has 0 saturated heterocycles. The third-order valence-electron chi connectivity index (χ3n) is 3.03. The van der Waals surface area contributed by atoms with Gasteiger partial charge < -0.3 is 24.6 Å². The maximum atomic E-state index is 11.8. The number of benzene rings is 1. The zero-order chi connectivity index (χ0) is 14.4. The minimum atomic E-state index is -0.357. The van der Waals surface area contributed by atoms with E-state index in [4.69, 9.17) is 19.3 Å². The van der Waals surface area contributed by atoms with E-state index in [2.05, 4.69) is 5.32 Å². The van der Waals surface area contributed by atoms with Crippen LogP contribution in [0.2, 0.25) is 0 Å². The number of carbonyl (C=O) groups excluding carboxylic acids is 1. The molecule has 1 aliphatic heterocycles. The zero-order valence-corrected chi connectivity index (χ0v) is 11.4. The van der Waals surface area contributed by atoms with Crippen LogP contribution in [0.3, 0.4) is 0 Å². The fraction of sp³-hybridized carbons (Fsp3) is 0.500. The molecule has 6 nitrogen and oxygen atoms in total. The summed E-state index contributed by atoms with van der Waals surface area (Å²) in [6.45, 7) is 0.407. The quantitative estimate of drug-likeness (QED) is 0.760. The van der Waals surface area contributed by atoms with Crippen LogP contribution in [0.5, 0.6) is 11.5 Å². The summed E-state index contributed by atoms with van der Waals surface area (Å²) in [5.74, 6) is 1.34. The standard InChI is InChI=1S/C14H19NO5/c1-18-8-11(7-16)15-14(17)5-3-10-2-4-12-13(6-10)20-9-19-12/h2,4,6,11,16H,3,5,7-9H2,1H3,(H,15,17). The van der Waals surface area contributed by atoms with Gasteiger partial charge in [-0.05, 0) is 24.1 Å². The van der Waals surface area contributed by atoms with Gasteiger partial charge in [0.25, 0.3) is 0 Å². The third kappa shape index (κ3) is 3.85. The van der Waals surface area contributed by atoms with Gasteiger partial charge in [0, 0.05) is 13.5 Å². The molecule has 1 atom stereocenters. The number of aliphatic hydroxyl groups is 1. The Morgan fingerprint density at radius 2 is 2.25 bits per heavy atom. The number of aryl methyl sites for hydroxylation is 1. The summed E-state index contributed by atoms with van der Waals surface area (Å²) in [6.07, 6.45) is 0.952. The lowest BCUT2D eigenvalue weighted by Gasteiger charge is -2.15. The molecule has 20 heavy (non-hydrogen) atoms. The topological polar surface area (TPSA) is 77.0 Å². The van der Waals surface area contributed by atoms with Crippen molar-refractivity contribution in [2.45, 2.75) is 18.9 Å². The Morgan fingerprint density at radius 3 is 3.00 bits per heavy atom. The van der Waals surface area contributed by atoms with E-state index in [9.17, 15) is 4.79 Å². The van der Waals surface area contributed by atoms with Gasteiger partial charge in [0.2, 0.25) is 12.7 Å². The van der Waals surface area contributed by atoms with Crippen molar-refractivity contribution < 1.29 is 24.1 Å². The Hall–Kier alpha value is -1.79. The van der Waals surface area contributed by atoms with E-state index in [1.54, 1.807) is 0 Å². The predicted octanol–water partition coefficient (Wildman–Crippen LogP) is 0.471. The summed E-state index contributed by atoms with van der Waals surface area (Å²) in [5.41, 5.74) is 1.01. The van der Waals surface area contributed by atoms with Crippen molar-refractivity contribution in [1.82, 2.24) is 5.32 Å². The number of hydrogen-bond donors (Lipinski definition) is 2. The fourth-order valence-electron chi connectivity index (χ4n) is 2.00. The maximum Gasteiger partial charge on any atom is 0.231 e. The van der Waals surface area contributed by atoms with Crippen LogP contribution in [-0.4, -0.2) is 44.2 Å². The van der Waals surface area contributed by atoms with Crippen molar-refractivity contribution in [3.8, 4) is 11.5 Å². The van der Waals surface area contributed by atoms with E-state index >= 15 is 0 Å². The van der Waals surface area contributed by atoms with E-state index in [-0.39, 0.29) is 25.3 Å². The average molecular weight is 281 g/mol. The highest BCUT2D eigenvalue weighted by atomic mass is 16.7. The number of amides is 1. The minimum Gasteiger partial charge on any atom is -0.454 e. The molecule has 0 saturated carbocycles. The molecule has 1 aliphatic rings. The number of hydrogen-bond acceptors (Lipinski definition) is 5. The van der Waals surface area contributed by atoms with E-state index in [1.807, 2.05) is 18.2 Å². The van der Waals surface area contributed by atoms with Crippen LogP contribution in [0.1, 0.15) is 12.0 Å². The Labute approximate surface area is 117 Å². The molecule has 0 aromatic heterocycles. The molecule has 0 radical (unpaired) electrons. The number of aliphatic hydroxyl groups excluding tert-OH is 1. The van der Waals surface area contributed by atoms with Gasteiger partial charge in [0.1, 0.15) is 0 Å². The molecule has 0 spiro atoms. The van der Waals surface area contributed by atoms with Gasteiger partial charge >= 0.3 is 0 Å². The van der Waals surface area contributed by atoms with Crippen molar-refractivity contribution in [3.63, 3.8) is 0 Å². The van der Waals surface area contributed by atoms with Gasteiger partial charge in [-0.1, -0.05) is 6.07 Å². The SMILES string of the molecule is COCC(CO)NC(=O)CCc1ccc2c(c1)OCO2. The maximum absolute atomic E-state index is 11.8. The molecule has 1 aromatic rings. The van der Waals surface area contributed by atoms with Gasteiger partial charge in [-0.3, -0.25) is 4.79 Å². The second-order valence-corrected chi connectivity index (χ2v) is 4.59. The molecule has 110 valence electrons. The predicted molar refractivity (Wildman–Crippen MR) is 71.8 cm³/mol.